The number of nitrogens with zero attached hydrogens (tertiary/aromatic N) is 4. The van der Waals surface area contributed by atoms with E-state index in [4.69, 9.17) is 9.47 Å². The minimum atomic E-state index is -0.385. The molecule has 3 rings (SSSR count). The summed E-state index contributed by atoms with van der Waals surface area (Å²) in [6, 6.07) is 12.4. The van der Waals surface area contributed by atoms with Gasteiger partial charge in [0.15, 0.2) is 16.7 Å². The lowest BCUT2D eigenvalue weighted by Crippen LogP contribution is -2.04. The van der Waals surface area contributed by atoms with Gasteiger partial charge in [0.25, 0.3) is 5.69 Å². The molecular formula is C20H22N4O4S. The van der Waals surface area contributed by atoms with Crippen LogP contribution in [0.4, 0.5) is 5.69 Å². The number of benzene rings is 2. The fourth-order valence-electron chi connectivity index (χ4n) is 2.96. The second kappa shape index (κ2) is 9.42. The zero-order chi connectivity index (χ0) is 20.8. The van der Waals surface area contributed by atoms with Crippen molar-refractivity contribution in [1.82, 2.24) is 14.8 Å². The Labute approximate surface area is 173 Å². The van der Waals surface area contributed by atoms with Gasteiger partial charge in [0, 0.05) is 30.9 Å². The lowest BCUT2D eigenvalue weighted by Gasteiger charge is -2.10. The van der Waals surface area contributed by atoms with E-state index in [1.807, 2.05) is 31.2 Å². The first-order chi connectivity index (χ1) is 14.0. The molecule has 0 spiro atoms. The lowest BCUT2D eigenvalue weighted by atomic mass is 10.1. The van der Waals surface area contributed by atoms with Gasteiger partial charge in [0.05, 0.1) is 19.1 Å². The van der Waals surface area contributed by atoms with Crippen molar-refractivity contribution < 1.29 is 14.4 Å². The molecule has 9 heteroatoms. The molecule has 29 heavy (non-hydrogen) atoms. The summed E-state index contributed by atoms with van der Waals surface area (Å²) in [7, 11) is 3.22. The maximum Gasteiger partial charge on any atom is 0.269 e. The van der Waals surface area contributed by atoms with E-state index in [2.05, 4.69) is 14.8 Å². The van der Waals surface area contributed by atoms with Gasteiger partial charge < -0.3 is 14.0 Å². The predicted octanol–water partition coefficient (Wildman–Crippen LogP) is 4.11. The summed E-state index contributed by atoms with van der Waals surface area (Å²) in [6.45, 7) is 2.77. The molecule has 0 aliphatic carbocycles. The van der Waals surface area contributed by atoms with Crippen LogP contribution in [0.1, 0.15) is 23.9 Å². The number of rotatable bonds is 9. The van der Waals surface area contributed by atoms with E-state index < -0.39 is 0 Å². The third kappa shape index (κ3) is 4.86. The lowest BCUT2D eigenvalue weighted by molar-refractivity contribution is -0.384. The first kappa shape index (κ1) is 20.7. The normalized spacial score (nSPS) is 10.7. The van der Waals surface area contributed by atoms with Gasteiger partial charge >= 0.3 is 0 Å². The molecule has 0 saturated heterocycles. The van der Waals surface area contributed by atoms with Crippen molar-refractivity contribution in [3.63, 3.8) is 0 Å². The topological polar surface area (TPSA) is 92.3 Å². The van der Waals surface area contributed by atoms with Gasteiger partial charge in [0.2, 0.25) is 0 Å². The van der Waals surface area contributed by atoms with Gasteiger partial charge in [-0.25, -0.2) is 0 Å². The number of hydrogen-bond acceptors (Lipinski definition) is 7. The molecule has 0 amide bonds. The molecule has 0 N–H and O–H groups in total. The van der Waals surface area contributed by atoms with Gasteiger partial charge in [0.1, 0.15) is 5.82 Å². The highest BCUT2D eigenvalue weighted by Crippen LogP contribution is 2.29. The number of nitro groups is 1. The third-order valence-corrected chi connectivity index (χ3v) is 5.45. The van der Waals surface area contributed by atoms with Crippen molar-refractivity contribution >= 4 is 17.4 Å². The summed E-state index contributed by atoms with van der Waals surface area (Å²) < 4.78 is 12.7. The zero-order valence-corrected chi connectivity index (χ0v) is 17.3. The highest BCUT2D eigenvalue weighted by molar-refractivity contribution is 7.98. The van der Waals surface area contributed by atoms with E-state index >= 15 is 0 Å². The van der Waals surface area contributed by atoms with Crippen molar-refractivity contribution in [3.8, 4) is 11.5 Å². The van der Waals surface area contributed by atoms with Crippen LogP contribution in [0, 0.1) is 10.1 Å². The zero-order valence-electron chi connectivity index (χ0n) is 16.5. The summed E-state index contributed by atoms with van der Waals surface area (Å²) in [5, 5.41) is 20.4. The van der Waals surface area contributed by atoms with Crippen LogP contribution < -0.4 is 9.47 Å². The maximum absolute atomic E-state index is 10.9. The molecule has 0 bridgehead atoms. The van der Waals surface area contributed by atoms with Crippen LogP contribution in [0.25, 0.3) is 0 Å². The molecule has 0 aliphatic rings. The summed E-state index contributed by atoms with van der Waals surface area (Å²) in [5.41, 5.74) is 2.01. The Morgan fingerprint density at radius 2 is 1.86 bits per heavy atom. The number of hydrogen-bond donors (Lipinski definition) is 0. The van der Waals surface area contributed by atoms with Gasteiger partial charge in [-0.1, -0.05) is 30.0 Å². The molecule has 0 atom stereocenters. The maximum atomic E-state index is 10.9. The highest BCUT2D eigenvalue weighted by Gasteiger charge is 2.14. The predicted molar refractivity (Wildman–Crippen MR) is 111 cm³/mol. The molecule has 2 aromatic carbocycles. The van der Waals surface area contributed by atoms with E-state index in [1.54, 1.807) is 26.4 Å². The van der Waals surface area contributed by atoms with Crippen molar-refractivity contribution in [2.24, 2.45) is 0 Å². The molecule has 8 nitrogen and oxygen atoms in total. The number of aromatic nitrogens is 3. The van der Waals surface area contributed by atoms with E-state index in [0.717, 1.165) is 28.7 Å². The molecule has 0 fully saturated rings. The summed E-state index contributed by atoms with van der Waals surface area (Å²) in [5.74, 6) is 2.78. The molecule has 0 saturated carbocycles. The van der Waals surface area contributed by atoms with Crippen LogP contribution in [0.2, 0.25) is 0 Å². The molecule has 1 heterocycles. The van der Waals surface area contributed by atoms with Crippen LogP contribution in [0.3, 0.4) is 0 Å². The minimum absolute atomic E-state index is 0.0919. The molecule has 0 radical (unpaired) electrons. The first-order valence-electron chi connectivity index (χ1n) is 9.04. The first-order valence-corrected chi connectivity index (χ1v) is 10.0. The average molecular weight is 414 g/mol. The number of methoxy groups -OCH3 is 2. The van der Waals surface area contributed by atoms with Crippen molar-refractivity contribution in [2.45, 2.75) is 30.8 Å². The van der Waals surface area contributed by atoms with Crippen LogP contribution in [-0.2, 0) is 18.7 Å². The average Bonchev–Trinajstić information content (AvgIpc) is 3.13. The summed E-state index contributed by atoms with van der Waals surface area (Å²) in [4.78, 5) is 10.6. The number of non-ortho nitro benzene ring substituents is 1. The molecule has 1 aromatic heterocycles. The smallest absolute Gasteiger partial charge is 0.269 e. The minimum Gasteiger partial charge on any atom is -0.493 e. The summed E-state index contributed by atoms with van der Waals surface area (Å²) >= 11 is 1.51. The van der Waals surface area contributed by atoms with Crippen LogP contribution in [0.15, 0.2) is 47.6 Å². The second-order valence-electron chi connectivity index (χ2n) is 6.22. The molecule has 0 aliphatic heterocycles. The van der Waals surface area contributed by atoms with Gasteiger partial charge in [-0.05, 0) is 30.2 Å². The standard InChI is InChI=1S/C20H22N4O4S/c1-4-23-19(12-14-8-9-17(27-2)18(11-14)28-3)21-22-20(23)29-13-15-6-5-7-16(10-15)24(25)26/h5-11H,4,12-13H2,1-3H3. The Morgan fingerprint density at radius 3 is 2.55 bits per heavy atom. The largest absolute Gasteiger partial charge is 0.493 e. The number of ether oxygens (including phenoxy) is 2. The SMILES string of the molecule is CCn1c(Cc2ccc(OC)c(OC)c2)nnc1SCc1cccc([N+](=O)[O-])c1. The van der Waals surface area contributed by atoms with E-state index in [0.29, 0.717) is 23.7 Å². The van der Waals surface area contributed by atoms with Crippen molar-refractivity contribution in [1.29, 1.82) is 0 Å². The number of nitro benzene ring substituents is 1. The third-order valence-electron chi connectivity index (χ3n) is 4.41. The molecular weight excluding hydrogens is 392 g/mol. The van der Waals surface area contributed by atoms with E-state index in [1.165, 1.54) is 17.8 Å². The van der Waals surface area contributed by atoms with E-state index in [9.17, 15) is 10.1 Å². The van der Waals surface area contributed by atoms with Gasteiger partial charge in [-0.2, -0.15) is 0 Å². The fraction of sp³-hybridized carbons (Fsp3) is 0.300. The second-order valence-corrected chi connectivity index (χ2v) is 7.17. The van der Waals surface area contributed by atoms with Crippen molar-refractivity contribution in [3.05, 3.63) is 69.5 Å². The fourth-order valence-corrected chi connectivity index (χ4v) is 3.92. The van der Waals surface area contributed by atoms with Crippen LogP contribution >= 0.6 is 11.8 Å². The molecule has 3 aromatic rings. The van der Waals surface area contributed by atoms with Gasteiger partial charge in [-0.3, -0.25) is 10.1 Å². The Morgan fingerprint density at radius 1 is 1.07 bits per heavy atom. The quantitative estimate of drug-likeness (QED) is 0.296. The Hall–Kier alpha value is -3.07. The Balaban J connectivity index is 1.75. The molecule has 152 valence electrons. The Kier molecular flexibility index (Phi) is 6.71. The summed E-state index contributed by atoms with van der Waals surface area (Å²) in [6.07, 6.45) is 0.610. The van der Waals surface area contributed by atoms with E-state index in [-0.39, 0.29) is 10.6 Å². The van der Waals surface area contributed by atoms with Crippen LogP contribution in [-0.4, -0.2) is 33.9 Å². The molecule has 0 unspecified atom stereocenters. The van der Waals surface area contributed by atoms with Gasteiger partial charge in [-0.15, -0.1) is 10.2 Å². The number of thioether (sulfide) groups is 1. The Bertz CT molecular complexity index is 1010. The monoisotopic (exact) mass is 414 g/mol. The van der Waals surface area contributed by atoms with Crippen molar-refractivity contribution in [2.75, 3.05) is 14.2 Å². The van der Waals surface area contributed by atoms with Crippen LogP contribution in [0.5, 0.6) is 11.5 Å². The highest BCUT2D eigenvalue weighted by atomic mass is 32.2.